The van der Waals surface area contributed by atoms with Gasteiger partial charge in [0.2, 0.25) is 10.0 Å². The van der Waals surface area contributed by atoms with Crippen LogP contribution in [0.15, 0.2) is 23.1 Å². The number of hydrogen-bond donors (Lipinski definition) is 2. The number of rotatable bonds is 5. The molecule has 1 aromatic rings. The van der Waals surface area contributed by atoms with Gasteiger partial charge in [0.1, 0.15) is 4.90 Å². The molecule has 0 radical (unpaired) electrons. The van der Waals surface area contributed by atoms with Crippen molar-refractivity contribution in [3.8, 4) is 0 Å². The second-order valence-electron chi connectivity index (χ2n) is 4.77. The fourth-order valence-corrected chi connectivity index (χ4v) is 4.02. The van der Waals surface area contributed by atoms with Gasteiger partial charge in [-0.15, -0.1) is 0 Å². The Morgan fingerprint density at radius 2 is 2.10 bits per heavy atom. The number of aliphatic hydroxyl groups is 1. The first-order valence-corrected chi connectivity index (χ1v) is 7.75. The Balaban J connectivity index is 2.38. The van der Waals surface area contributed by atoms with Crippen molar-refractivity contribution >= 4 is 27.3 Å². The molecule has 1 aromatic carbocycles. The highest BCUT2D eigenvalue weighted by atomic mass is 35.5. The molecule has 1 fully saturated rings. The maximum Gasteiger partial charge on any atom is 0.270 e. The van der Waals surface area contributed by atoms with E-state index in [1.807, 2.05) is 0 Å². The van der Waals surface area contributed by atoms with Gasteiger partial charge in [0.15, 0.2) is 0 Å². The van der Waals surface area contributed by atoms with Crippen molar-refractivity contribution in [2.45, 2.75) is 29.7 Å². The van der Waals surface area contributed by atoms with Gasteiger partial charge in [-0.2, -0.15) is 0 Å². The molecule has 0 unspecified atom stereocenters. The van der Waals surface area contributed by atoms with E-state index >= 15 is 0 Å². The van der Waals surface area contributed by atoms with Crippen LogP contribution in [0, 0.1) is 10.1 Å². The van der Waals surface area contributed by atoms with Crippen LogP contribution in [-0.2, 0) is 10.0 Å². The molecular formula is C11H13ClN2O5S. The van der Waals surface area contributed by atoms with Crippen LogP contribution in [0.25, 0.3) is 0 Å². The van der Waals surface area contributed by atoms with E-state index in [1.165, 1.54) is 6.07 Å². The summed E-state index contributed by atoms with van der Waals surface area (Å²) in [5, 5.41) is 19.9. The van der Waals surface area contributed by atoms with Crippen molar-refractivity contribution in [2.24, 2.45) is 0 Å². The third kappa shape index (κ3) is 2.78. The van der Waals surface area contributed by atoms with E-state index in [1.54, 1.807) is 0 Å². The van der Waals surface area contributed by atoms with Crippen LogP contribution >= 0.6 is 11.6 Å². The molecule has 110 valence electrons. The molecule has 0 aromatic heterocycles. The Kier molecular flexibility index (Phi) is 4.01. The third-order valence-electron chi connectivity index (χ3n) is 3.38. The minimum atomic E-state index is -4.02. The number of sulfonamides is 1. The number of nitrogens with zero attached hydrogens (tertiary/aromatic N) is 1. The highest BCUT2D eigenvalue weighted by molar-refractivity contribution is 7.89. The van der Waals surface area contributed by atoms with Crippen LogP contribution in [0.4, 0.5) is 5.69 Å². The van der Waals surface area contributed by atoms with Crippen LogP contribution in [-0.4, -0.2) is 30.6 Å². The SMILES string of the molecule is O=[N+]([O-])c1ccc(Cl)c(S(=O)(=O)NC2(CO)CCC2)c1. The van der Waals surface area contributed by atoms with Crippen molar-refractivity contribution in [3.63, 3.8) is 0 Å². The molecule has 0 heterocycles. The molecule has 2 N–H and O–H groups in total. The lowest BCUT2D eigenvalue weighted by Gasteiger charge is -2.40. The molecular weight excluding hydrogens is 308 g/mol. The Labute approximate surface area is 120 Å². The standard InChI is InChI=1S/C11H13ClN2O5S/c12-9-3-2-8(14(16)17)6-10(9)20(18,19)13-11(7-15)4-1-5-11/h2-3,6,13,15H,1,4-5,7H2. The largest absolute Gasteiger partial charge is 0.394 e. The number of nitro benzene ring substituents is 1. The van der Waals surface area contributed by atoms with Crippen LogP contribution in [0.1, 0.15) is 19.3 Å². The summed E-state index contributed by atoms with van der Waals surface area (Å²) in [7, 11) is -4.02. The smallest absolute Gasteiger partial charge is 0.270 e. The molecule has 0 spiro atoms. The van der Waals surface area contributed by atoms with E-state index in [-0.39, 0.29) is 22.2 Å². The molecule has 7 nitrogen and oxygen atoms in total. The van der Waals surface area contributed by atoms with Gasteiger partial charge in [0, 0.05) is 12.1 Å². The van der Waals surface area contributed by atoms with Crippen molar-refractivity contribution in [1.29, 1.82) is 0 Å². The van der Waals surface area contributed by atoms with Gasteiger partial charge in [-0.1, -0.05) is 11.6 Å². The zero-order valence-electron chi connectivity index (χ0n) is 10.4. The quantitative estimate of drug-likeness (QED) is 0.630. The van der Waals surface area contributed by atoms with E-state index in [9.17, 15) is 23.6 Å². The van der Waals surface area contributed by atoms with Crippen molar-refractivity contribution in [3.05, 3.63) is 33.3 Å². The number of non-ortho nitro benzene ring substituents is 1. The van der Waals surface area contributed by atoms with Gasteiger partial charge in [0.05, 0.1) is 22.1 Å². The number of nitrogens with one attached hydrogen (secondary N) is 1. The van der Waals surface area contributed by atoms with E-state index in [2.05, 4.69) is 4.72 Å². The van der Waals surface area contributed by atoms with Crippen LogP contribution < -0.4 is 4.72 Å². The Hall–Kier alpha value is -1.22. The summed E-state index contributed by atoms with van der Waals surface area (Å²) in [4.78, 5) is 9.66. The Morgan fingerprint density at radius 1 is 1.45 bits per heavy atom. The maximum absolute atomic E-state index is 12.3. The summed E-state index contributed by atoms with van der Waals surface area (Å²) in [5.74, 6) is 0. The first-order valence-electron chi connectivity index (χ1n) is 5.88. The van der Waals surface area contributed by atoms with Gasteiger partial charge in [-0.25, -0.2) is 13.1 Å². The molecule has 0 atom stereocenters. The van der Waals surface area contributed by atoms with Gasteiger partial charge in [-0.3, -0.25) is 10.1 Å². The van der Waals surface area contributed by atoms with E-state index < -0.39 is 20.5 Å². The van der Waals surface area contributed by atoms with E-state index in [0.717, 1.165) is 18.6 Å². The molecule has 20 heavy (non-hydrogen) atoms. The highest BCUT2D eigenvalue weighted by Crippen LogP contribution is 2.34. The second-order valence-corrected chi connectivity index (χ2v) is 6.83. The number of benzene rings is 1. The first kappa shape index (κ1) is 15.2. The molecule has 0 bridgehead atoms. The highest BCUT2D eigenvalue weighted by Gasteiger charge is 2.41. The fourth-order valence-electron chi connectivity index (χ4n) is 2.05. The van der Waals surface area contributed by atoms with Crippen LogP contribution in [0.3, 0.4) is 0 Å². The van der Waals surface area contributed by atoms with E-state index in [4.69, 9.17) is 11.6 Å². The van der Waals surface area contributed by atoms with Crippen molar-refractivity contribution in [2.75, 3.05) is 6.61 Å². The summed E-state index contributed by atoms with van der Waals surface area (Å²) in [6, 6.07) is 3.21. The molecule has 1 aliphatic carbocycles. The summed E-state index contributed by atoms with van der Waals surface area (Å²) in [6.45, 7) is -0.321. The van der Waals surface area contributed by atoms with Crippen LogP contribution in [0.5, 0.6) is 0 Å². The molecule has 1 aliphatic rings. The number of halogens is 1. The Bertz CT molecular complexity index is 637. The lowest BCUT2D eigenvalue weighted by atomic mass is 9.78. The van der Waals surface area contributed by atoms with Gasteiger partial charge < -0.3 is 5.11 Å². The van der Waals surface area contributed by atoms with Gasteiger partial charge in [0.25, 0.3) is 5.69 Å². The monoisotopic (exact) mass is 320 g/mol. The number of hydrogen-bond acceptors (Lipinski definition) is 5. The predicted octanol–water partition coefficient (Wildman–Crippen LogP) is 1.44. The summed E-state index contributed by atoms with van der Waals surface area (Å²) in [6.07, 6.45) is 1.86. The Morgan fingerprint density at radius 3 is 2.55 bits per heavy atom. The zero-order valence-corrected chi connectivity index (χ0v) is 11.9. The normalized spacial score (nSPS) is 17.5. The number of aliphatic hydroxyl groups excluding tert-OH is 1. The minimum Gasteiger partial charge on any atom is -0.394 e. The molecule has 0 amide bonds. The topological polar surface area (TPSA) is 110 Å². The lowest BCUT2D eigenvalue weighted by molar-refractivity contribution is -0.385. The maximum atomic E-state index is 12.3. The van der Waals surface area contributed by atoms with Gasteiger partial charge >= 0.3 is 0 Å². The average Bonchev–Trinajstić information content (AvgIpc) is 2.34. The fraction of sp³-hybridized carbons (Fsp3) is 0.455. The zero-order chi connectivity index (χ0) is 15.0. The summed E-state index contributed by atoms with van der Waals surface area (Å²) >= 11 is 5.81. The molecule has 0 aliphatic heterocycles. The van der Waals surface area contributed by atoms with E-state index in [0.29, 0.717) is 12.8 Å². The third-order valence-corrected chi connectivity index (χ3v) is 5.44. The molecule has 1 saturated carbocycles. The summed E-state index contributed by atoms with van der Waals surface area (Å²) < 4.78 is 26.9. The molecule has 2 rings (SSSR count). The first-order chi connectivity index (χ1) is 9.30. The molecule has 9 heteroatoms. The van der Waals surface area contributed by atoms with Crippen molar-refractivity contribution < 1.29 is 18.4 Å². The second kappa shape index (κ2) is 5.28. The predicted molar refractivity (Wildman–Crippen MR) is 72.1 cm³/mol. The lowest BCUT2D eigenvalue weighted by Crippen LogP contribution is -2.55. The summed E-state index contributed by atoms with van der Waals surface area (Å²) in [5.41, 5.74) is -1.24. The minimum absolute atomic E-state index is 0.101. The average molecular weight is 321 g/mol. The number of nitro groups is 1. The van der Waals surface area contributed by atoms with Gasteiger partial charge in [-0.05, 0) is 25.3 Å². The molecule has 0 saturated heterocycles. The van der Waals surface area contributed by atoms with Crippen molar-refractivity contribution in [1.82, 2.24) is 4.72 Å². The van der Waals surface area contributed by atoms with Crippen LogP contribution in [0.2, 0.25) is 5.02 Å².